The van der Waals surface area contributed by atoms with Crippen LogP contribution in [0.15, 0.2) is 30.3 Å². The first kappa shape index (κ1) is 16.5. The van der Waals surface area contributed by atoms with Crippen LogP contribution >= 0.6 is 0 Å². The quantitative estimate of drug-likeness (QED) is 0.471. The van der Waals surface area contributed by atoms with Gasteiger partial charge in [0.1, 0.15) is 0 Å². The zero-order chi connectivity index (χ0) is 14.5. The highest BCUT2D eigenvalue weighted by Crippen LogP contribution is 2.11. The Balaban J connectivity index is 2.06. The van der Waals surface area contributed by atoms with Crippen LogP contribution in [0.3, 0.4) is 0 Å². The minimum absolute atomic E-state index is 0.735. The highest BCUT2D eigenvalue weighted by atomic mass is 14.2. The molecule has 108 valence electrons. The maximum atomic E-state index is 8.83. The first-order chi connectivity index (χ1) is 9.86. The second kappa shape index (κ2) is 11.3. The Morgan fingerprint density at radius 3 is 2.40 bits per heavy atom. The number of nitriles is 1. The van der Waals surface area contributed by atoms with Crippen LogP contribution in [-0.2, 0) is 0 Å². The molecule has 1 rings (SSSR count). The minimum atomic E-state index is 0.735. The van der Waals surface area contributed by atoms with Gasteiger partial charge in [-0.3, -0.25) is 0 Å². The molecule has 0 aliphatic heterocycles. The van der Waals surface area contributed by atoms with Crippen molar-refractivity contribution in [2.24, 2.45) is 0 Å². The predicted molar refractivity (Wildman–Crippen MR) is 87.4 cm³/mol. The zero-order valence-electron chi connectivity index (χ0n) is 12.8. The molecular weight excluding hydrogens is 242 g/mol. The molecule has 0 saturated heterocycles. The molecule has 0 atom stereocenters. The highest BCUT2D eigenvalue weighted by molar-refractivity contribution is 5.52. The van der Waals surface area contributed by atoms with E-state index in [1.54, 1.807) is 0 Å². The summed E-state index contributed by atoms with van der Waals surface area (Å²) in [5.41, 5.74) is 1.86. The van der Waals surface area contributed by atoms with Crippen LogP contribution in [0.2, 0.25) is 0 Å². The standard InChI is InChI=1S/C19H27N/c1-2-3-4-5-6-7-8-9-10-11-13-18-14-12-15-19(16-18)17-20/h11-16H,2-10H2,1H3/b13-11+. The summed E-state index contributed by atoms with van der Waals surface area (Å²) in [6.07, 6.45) is 16.4. The lowest BCUT2D eigenvalue weighted by molar-refractivity contribution is 0.578. The number of nitrogens with zero attached hydrogens (tertiary/aromatic N) is 1. The van der Waals surface area contributed by atoms with Crippen LogP contribution in [0.5, 0.6) is 0 Å². The second-order valence-corrected chi connectivity index (χ2v) is 5.40. The number of hydrogen-bond donors (Lipinski definition) is 0. The Bertz CT molecular complexity index is 426. The van der Waals surface area contributed by atoms with Crippen LogP contribution in [0.1, 0.15) is 75.8 Å². The van der Waals surface area contributed by atoms with E-state index >= 15 is 0 Å². The van der Waals surface area contributed by atoms with Gasteiger partial charge in [0.25, 0.3) is 0 Å². The molecule has 0 radical (unpaired) electrons. The van der Waals surface area contributed by atoms with Crippen molar-refractivity contribution >= 4 is 6.08 Å². The van der Waals surface area contributed by atoms with Gasteiger partial charge in [-0.15, -0.1) is 0 Å². The van der Waals surface area contributed by atoms with Gasteiger partial charge in [-0.2, -0.15) is 5.26 Å². The molecule has 0 heterocycles. The van der Waals surface area contributed by atoms with Gasteiger partial charge < -0.3 is 0 Å². The Hall–Kier alpha value is -1.55. The van der Waals surface area contributed by atoms with Gasteiger partial charge in [0.15, 0.2) is 0 Å². The van der Waals surface area contributed by atoms with Crippen molar-refractivity contribution in [1.82, 2.24) is 0 Å². The van der Waals surface area contributed by atoms with Gasteiger partial charge in [-0.05, 0) is 30.5 Å². The first-order valence-corrected chi connectivity index (χ1v) is 8.03. The third-order valence-electron chi connectivity index (χ3n) is 3.55. The zero-order valence-corrected chi connectivity index (χ0v) is 12.8. The van der Waals surface area contributed by atoms with E-state index in [1.165, 1.54) is 51.4 Å². The van der Waals surface area contributed by atoms with E-state index in [0.717, 1.165) is 17.5 Å². The van der Waals surface area contributed by atoms with E-state index in [4.69, 9.17) is 5.26 Å². The molecule has 1 aromatic rings. The minimum Gasteiger partial charge on any atom is -0.192 e. The Kier molecular flexibility index (Phi) is 9.32. The van der Waals surface area contributed by atoms with Crippen molar-refractivity contribution in [3.8, 4) is 6.07 Å². The monoisotopic (exact) mass is 269 g/mol. The van der Waals surface area contributed by atoms with E-state index in [0.29, 0.717) is 0 Å². The lowest BCUT2D eigenvalue weighted by Gasteiger charge is -2.00. The lowest BCUT2D eigenvalue weighted by atomic mass is 10.1. The molecule has 0 aliphatic carbocycles. The summed E-state index contributed by atoms with van der Waals surface area (Å²) in [5, 5.41) is 8.83. The SMILES string of the molecule is CCCCCCCCCC/C=C/c1cccc(C#N)c1. The summed E-state index contributed by atoms with van der Waals surface area (Å²) in [4.78, 5) is 0. The third-order valence-corrected chi connectivity index (χ3v) is 3.55. The normalized spacial score (nSPS) is 10.8. The average Bonchev–Trinajstić information content (AvgIpc) is 2.49. The summed E-state index contributed by atoms with van der Waals surface area (Å²) < 4.78 is 0. The molecular formula is C19H27N. The predicted octanol–water partition coefficient (Wildman–Crippen LogP) is 6.10. The maximum absolute atomic E-state index is 8.83. The number of benzene rings is 1. The first-order valence-electron chi connectivity index (χ1n) is 8.03. The molecule has 1 heteroatoms. The van der Waals surface area contributed by atoms with Crippen molar-refractivity contribution in [2.75, 3.05) is 0 Å². The number of allylic oxidation sites excluding steroid dienone is 1. The molecule has 0 spiro atoms. The van der Waals surface area contributed by atoms with Crippen molar-refractivity contribution < 1.29 is 0 Å². The Labute approximate surface area is 124 Å². The molecule has 0 saturated carbocycles. The molecule has 1 aromatic carbocycles. The largest absolute Gasteiger partial charge is 0.192 e. The topological polar surface area (TPSA) is 23.8 Å². The summed E-state index contributed by atoms with van der Waals surface area (Å²) in [7, 11) is 0. The van der Waals surface area contributed by atoms with Gasteiger partial charge in [-0.1, -0.05) is 76.2 Å². The molecule has 0 bridgehead atoms. The van der Waals surface area contributed by atoms with E-state index in [-0.39, 0.29) is 0 Å². The van der Waals surface area contributed by atoms with Gasteiger partial charge in [0, 0.05) is 0 Å². The summed E-state index contributed by atoms with van der Waals surface area (Å²) >= 11 is 0. The molecule has 0 fully saturated rings. The smallest absolute Gasteiger partial charge is 0.0991 e. The van der Waals surface area contributed by atoms with Crippen LogP contribution < -0.4 is 0 Å². The van der Waals surface area contributed by atoms with Crippen LogP contribution in [0.25, 0.3) is 6.08 Å². The molecule has 0 aromatic heterocycles. The van der Waals surface area contributed by atoms with E-state index < -0.39 is 0 Å². The van der Waals surface area contributed by atoms with Gasteiger partial charge in [-0.25, -0.2) is 0 Å². The highest BCUT2D eigenvalue weighted by Gasteiger charge is 1.92. The molecule has 0 N–H and O–H groups in total. The van der Waals surface area contributed by atoms with Crippen LogP contribution in [0, 0.1) is 11.3 Å². The number of hydrogen-bond acceptors (Lipinski definition) is 1. The fraction of sp³-hybridized carbons (Fsp3) is 0.526. The molecule has 0 aliphatic rings. The fourth-order valence-corrected chi connectivity index (χ4v) is 2.33. The molecule has 0 amide bonds. The fourth-order valence-electron chi connectivity index (χ4n) is 2.33. The van der Waals surface area contributed by atoms with E-state index in [9.17, 15) is 0 Å². The number of rotatable bonds is 10. The lowest BCUT2D eigenvalue weighted by Crippen LogP contribution is -1.80. The van der Waals surface area contributed by atoms with Gasteiger partial charge in [0.2, 0.25) is 0 Å². The van der Waals surface area contributed by atoms with E-state index in [1.807, 2.05) is 24.3 Å². The van der Waals surface area contributed by atoms with Gasteiger partial charge >= 0.3 is 0 Å². The van der Waals surface area contributed by atoms with Crippen molar-refractivity contribution in [3.63, 3.8) is 0 Å². The number of unbranched alkanes of at least 4 members (excludes halogenated alkanes) is 8. The van der Waals surface area contributed by atoms with Crippen molar-refractivity contribution in [2.45, 2.75) is 64.7 Å². The van der Waals surface area contributed by atoms with E-state index in [2.05, 4.69) is 25.1 Å². The maximum Gasteiger partial charge on any atom is 0.0991 e. The molecule has 20 heavy (non-hydrogen) atoms. The average molecular weight is 269 g/mol. The summed E-state index contributed by atoms with van der Waals surface area (Å²) in [6, 6.07) is 9.94. The van der Waals surface area contributed by atoms with Gasteiger partial charge in [0.05, 0.1) is 11.6 Å². The second-order valence-electron chi connectivity index (χ2n) is 5.40. The molecule has 1 nitrogen and oxygen atoms in total. The molecule has 0 unspecified atom stereocenters. The Morgan fingerprint density at radius 2 is 1.70 bits per heavy atom. The summed E-state index contributed by atoms with van der Waals surface area (Å²) in [5.74, 6) is 0. The summed E-state index contributed by atoms with van der Waals surface area (Å²) in [6.45, 7) is 2.26. The van der Waals surface area contributed by atoms with Crippen LogP contribution in [0.4, 0.5) is 0 Å². The van der Waals surface area contributed by atoms with Crippen LogP contribution in [-0.4, -0.2) is 0 Å². The third kappa shape index (κ3) is 7.79. The van der Waals surface area contributed by atoms with Crippen molar-refractivity contribution in [3.05, 3.63) is 41.5 Å². The Morgan fingerprint density at radius 1 is 1.00 bits per heavy atom. The van der Waals surface area contributed by atoms with Crippen molar-refractivity contribution in [1.29, 1.82) is 5.26 Å².